The Balaban J connectivity index is 1.88. The summed E-state index contributed by atoms with van der Waals surface area (Å²) in [5.41, 5.74) is 3.08. The maximum Gasteiger partial charge on any atom is 0.191 e. The summed E-state index contributed by atoms with van der Waals surface area (Å²) in [6.07, 6.45) is 2.84. The molecule has 0 unspecified atom stereocenters. The molecule has 0 amide bonds. The molecule has 0 atom stereocenters. The van der Waals surface area contributed by atoms with Crippen molar-refractivity contribution in [3.8, 4) is 5.75 Å². The Morgan fingerprint density at radius 2 is 2.17 bits per heavy atom. The van der Waals surface area contributed by atoms with Gasteiger partial charge in [0.15, 0.2) is 5.96 Å². The molecule has 0 aliphatic heterocycles. The topological polar surface area (TPSA) is 58.5 Å². The van der Waals surface area contributed by atoms with E-state index in [1.807, 2.05) is 20.0 Å². The number of hydrogen-bond acceptors (Lipinski definition) is 4. The SMILES string of the molecule is CN=C(NCCc1cccs1)NCc1ncc(C)c(OC)c1C. The fraction of sp³-hybridized carbons (Fsp3) is 0.412. The smallest absolute Gasteiger partial charge is 0.191 e. The third-order valence-electron chi connectivity index (χ3n) is 3.64. The Bertz CT molecular complexity index is 653. The molecule has 5 nitrogen and oxygen atoms in total. The van der Waals surface area contributed by atoms with Gasteiger partial charge >= 0.3 is 0 Å². The zero-order valence-electron chi connectivity index (χ0n) is 14.1. The van der Waals surface area contributed by atoms with Gasteiger partial charge in [0.05, 0.1) is 19.3 Å². The van der Waals surface area contributed by atoms with Gasteiger partial charge < -0.3 is 15.4 Å². The van der Waals surface area contributed by atoms with Gasteiger partial charge in [-0.25, -0.2) is 0 Å². The summed E-state index contributed by atoms with van der Waals surface area (Å²) >= 11 is 1.78. The maximum absolute atomic E-state index is 5.44. The molecular weight excluding hydrogens is 308 g/mol. The minimum atomic E-state index is 0.612. The highest BCUT2D eigenvalue weighted by atomic mass is 32.1. The number of aryl methyl sites for hydroxylation is 1. The fourth-order valence-electron chi connectivity index (χ4n) is 2.40. The number of nitrogens with one attached hydrogen (secondary N) is 2. The van der Waals surface area contributed by atoms with Gasteiger partial charge in [-0.3, -0.25) is 9.98 Å². The molecular formula is C17H24N4OS. The average molecular weight is 332 g/mol. The molecule has 0 bridgehead atoms. The predicted octanol–water partition coefficient (Wildman–Crippen LogP) is 2.68. The molecule has 0 aliphatic rings. The molecule has 0 fully saturated rings. The van der Waals surface area contributed by atoms with Gasteiger partial charge in [0, 0.05) is 35.8 Å². The van der Waals surface area contributed by atoms with E-state index < -0.39 is 0 Å². The Morgan fingerprint density at radius 1 is 1.35 bits per heavy atom. The molecule has 0 spiro atoms. The molecule has 6 heteroatoms. The van der Waals surface area contributed by atoms with E-state index in [9.17, 15) is 0 Å². The Kier molecular flexibility index (Phi) is 6.40. The van der Waals surface area contributed by atoms with Crippen LogP contribution in [0.1, 0.15) is 21.7 Å². The van der Waals surface area contributed by atoms with Gasteiger partial charge in [-0.2, -0.15) is 0 Å². The lowest BCUT2D eigenvalue weighted by Gasteiger charge is -2.15. The molecule has 0 aromatic carbocycles. The fourth-order valence-corrected chi connectivity index (χ4v) is 3.11. The first-order valence-electron chi connectivity index (χ1n) is 7.61. The highest BCUT2D eigenvalue weighted by Gasteiger charge is 2.09. The first kappa shape index (κ1) is 17.3. The molecule has 0 saturated carbocycles. The number of guanidine groups is 1. The summed E-state index contributed by atoms with van der Waals surface area (Å²) < 4.78 is 5.44. The lowest BCUT2D eigenvalue weighted by molar-refractivity contribution is 0.406. The number of hydrogen-bond donors (Lipinski definition) is 2. The van der Waals surface area contributed by atoms with Crippen molar-refractivity contribution < 1.29 is 4.74 Å². The van der Waals surface area contributed by atoms with Crippen molar-refractivity contribution in [1.29, 1.82) is 0 Å². The highest BCUT2D eigenvalue weighted by molar-refractivity contribution is 7.09. The summed E-state index contributed by atoms with van der Waals surface area (Å²) in [6, 6.07) is 4.22. The van der Waals surface area contributed by atoms with Crippen molar-refractivity contribution in [2.45, 2.75) is 26.8 Å². The molecule has 0 radical (unpaired) electrons. The molecule has 124 valence electrons. The number of ether oxygens (including phenoxy) is 1. The van der Waals surface area contributed by atoms with E-state index in [1.165, 1.54) is 4.88 Å². The molecule has 2 N–H and O–H groups in total. The van der Waals surface area contributed by atoms with Crippen LogP contribution in [0.5, 0.6) is 5.75 Å². The van der Waals surface area contributed by atoms with Gasteiger partial charge in [0.2, 0.25) is 0 Å². The van der Waals surface area contributed by atoms with Gasteiger partial charge in [0.25, 0.3) is 0 Å². The molecule has 23 heavy (non-hydrogen) atoms. The van der Waals surface area contributed by atoms with Crippen LogP contribution in [0.2, 0.25) is 0 Å². The van der Waals surface area contributed by atoms with Crippen molar-refractivity contribution in [2.24, 2.45) is 4.99 Å². The summed E-state index contributed by atoms with van der Waals surface area (Å²) in [5.74, 6) is 1.68. The number of aromatic nitrogens is 1. The summed E-state index contributed by atoms with van der Waals surface area (Å²) in [7, 11) is 3.47. The van der Waals surface area contributed by atoms with E-state index in [1.54, 1.807) is 25.5 Å². The number of pyridine rings is 1. The summed E-state index contributed by atoms with van der Waals surface area (Å²) in [4.78, 5) is 10.1. The van der Waals surface area contributed by atoms with Gasteiger partial charge in [-0.15, -0.1) is 11.3 Å². The number of rotatable bonds is 6. The zero-order chi connectivity index (χ0) is 16.7. The second-order valence-corrected chi connectivity index (χ2v) is 6.26. The lowest BCUT2D eigenvalue weighted by Crippen LogP contribution is -2.38. The first-order valence-corrected chi connectivity index (χ1v) is 8.49. The Labute approximate surface area is 141 Å². The number of nitrogens with zero attached hydrogens (tertiary/aromatic N) is 2. The van der Waals surface area contributed by atoms with Crippen LogP contribution in [0.4, 0.5) is 0 Å². The van der Waals surface area contributed by atoms with E-state index in [4.69, 9.17) is 4.74 Å². The van der Waals surface area contributed by atoms with Crippen molar-refractivity contribution in [3.05, 3.63) is 45.4 Å². The van der Waals surface area contributed by atoms with Crippen LogP contribution in [0.25, 0.3) is 0 Å². The van der Waals surface area contributed by atoms with Crippen LogP contribution in [0.15, 0.2) is 28.7 Å². The highest BCUT2D eigenvalue weighted by Crippen LogP contribution is 2.23. The van der Waals surface area contributed by atoms with Crippen LogP contribution in [0, 0.1) is 13.8 Å². The quantitative estimate of drug-likeness (QED) is 0.631. The van der Waals surface area contributed by atoms with Crippen molar-refractivity contribution in [3.63, 3.8) is 0 Å². The predicted molar refractivity (Wildman–Crippen MR) is 96.5 cm³/mol. The van der Waals surface area contributed by atoms with Crippen LogP contribution >= 0.6 is 11.3 Å². The van der Waals surface area contributed by atoms with Gasteiger partial charge in [0.1, 0.15) is 5.75 Å². The average Bonchev–Trinajstić information content (AvgIpc) is 3.06. The van der Waals surface area contributed by atoms with E-state index in [2.05, 4.69) is 38.1 Å². The monoisotopic (exact) mass is 332 g/mol. The van der Waals surface area contributed by atoms with Crippen molar-refractivity contribution >= 4 is 17.3 Å². The normalized spacial score (nSPS) is 11.4. The number of methoxy groups -OCH3 is 1. The minimum absolute atomic E-state index is 0.612. The van der Waals surface area contributed by atoms with Crippen LogP contribution < -0.4 is 15.4 Å². The number of aliphatic imine (C=N–C) groups is 1. The molecule has 2 aromatic heterocycles. The minimum Gasteiger partial charge on any atom is -0.496 e. The standard InChI is InChI=1S/C17H24N4OS/c1-12-10-20-15(13(2)16(12)22-4)11-21-17(18-3)19-8-7-14-6-5-9-23-14/h5-6,9-10H,7-8,11H2,1-4H3,(H2,18,19,21). The second-order valence-electron chi connectivity index (χ2n) is 5.23. The number of thiophene rings is 1. The zero-order valence-corrected chi connectivity index (χ0v) is 15.0. The lowest BCUT2D eigenvalue weighted by atomic mass is 10.1. The molecule has 2 heterocycles. The van der Waals surface area contributed by atoms with Crippen LogP contribution in [-0.4, -0.2) is 31.6 Å². The second kappa shape index (κ2) is 8.53. The maximum atomic E-state index is 5.44. The van der Waals surface area contributed by atoms with E-state index in [-0.39, 0.29) is 0 Å². The summed E-state index contributed by atoms with van der Waals surface area (Å²) in [6.45, 7) is 5.49. The van der Waals surface area contributed by atoms with Crippen molar-refractivity contribution in [2.75, 3.05) is 20.7 Å². The third-order valence-corrected chi connectivity index (χ3v) is 4.58. The van der Waals surface area contributed by atoms with E-state index in [0.29, 0.717) is 6.54 Å². The Hall–Kier alpha value is -2.08. The van der Waals surface area contributed by atoms with Gasteiger partial charge in [-0.05, 0) is 31.7 Å². The van der Waals surface area contributed by atoms with E-state index >= 15 is 0 Å². The molecule has 0 saturated heterocycles. The van der Waals surface area contributed by atoms with Crippen molar-refractivity contribution in [1.82, 2.24) is 15.6 Å². The first-order chi connectivity index (χ1) is 11.2. The van der Waals surface area contributed by atoms with E-state index in [0.717, 1.165) is 41.5 Å². The summed E-state index contributed by atoms with van der Waals surface area (Å²) in [5, 5.41) is 8.72. The Morgan fingerprint density at radius 3 is 2.83 bits per heavy atom. The third kappa shape index (κ3) is 4.69. The van der Waals surface area contributed by atoms with Crippen LogP contribution in [0.3, 0.4) is 0 Å². The van der Waals surface area contributed by atoms with Crippen LogP contribution in [-0.2, 0) is 13.0 Å². The molecule has 2 rings (SSSR count). The molecule has 2 aromatic rings. The van der Waals surface area contributed by atoms with Gasteiger partial charge in [-0.1, -0.05) is 6.07 Å². The largest absolute Gasteiger partial charge is 0.496 e. The molecule has 0 aliphatic carbocycles.